The predicted molar refractivity (Wildman–Crippen MR) is 87.9 cm³/mol. The highest BCUT2D eigenvalue weighted by Crippen LogP contribution is 2.44. The molecule has 0 amide bonds. The lowest BCUT2D eigenvalue weighted by Gasteiger charge is -2.42. The molecule has 1 aromatic rings. The van der Waals surface area contributed by atoms with Crippen LogP contribution in [-0.4, -0.2) is 12.6 Å². The van der Waals surface area contributed by atoms with Gasteiger partial charge in [-0.05, 0) is 38.5 Å². The normalized spacial score (nSPS) is 28.9. The van der Waals surface area contributed by atoms with Crippen molar-refractivity contribution in [1.82, 2.24) is 0 Å². The van der Waals surface area contributed by atoms with Gasteiger partial charge in [-0.2, -0.15) is 0 Å². The van der Waals surface area contributed by atoms with Crippen LogP contribution in [0.25, 0.3) is 0 Å². The highest BCUT2D eigenvalue weighted by molar-refractivity contribution is 6.30. The third kappa shape index (κ3) is 2.58. The van der Waals surface area contributed by atoms with Crippen LogP contribution in [0.2, 0.25) is 5.02 Å². The van der Waals surface area contributed by atoms with Gasteiger partial charge in [0.2, 0.25) is 0 Å². The summed E-state index contributed by atoms with van der Waals surface area (Å²) in [6, 6.07) is 6.45. The molecule has 0 saturated carbocycles. The molecule has 1 aliphatic carbocycles. The van der Waals surface area contributed by atoms with Gasteiger partial charge in [-0.1, -0.05) is 35.9 Å². The molecule has 2 aliphatic rings. The second kappa shape index (κ2) is 5.57. The number of anilines is 1. The van der Waals surface area contributed by atoms with E-state index >= 15 is 0 Å². The quantitative estimate of drug-likeness (QED) is 0.872. The van der Waals surface area contributed by atoms with E-state index in [0.717, 1.165) is 22.7 Å². The number of fused-ring (bicyclic) bond motifs is 1. The first-order chi connectivity index (χ1) is 10.1. The number of rotatable bonds is 2. The number of amidine groups is 1. The van der Waals surface area contributed by atoms with Crippen LogP contribution in [0, 0.1) is 5.92 Å². The first kappa shape index (κ1) is 14.2. The Kier molecular flexibility index (Phi) is 3.77. The maximum absolute atomic E-state index is 6.23. The smallest absolute Gasteiger partial charge is 0.290 e. The van der Waals surface area contributed by atoms with E-state index in [2.05, 4.69) is 41.5 Å². The summed E-state index contributed by atoms with van der Waals surface area (Å²) in [4.78, 5) is 4.40. The van der Waals surface area contributed by atoms with Crippen molar-refractivity contribution in [3.8, 4) is 0 Å². The summed E-state index contributed by atoms with van der Waals surface area (Å²) in [5, 5.41) is 3.97. The Bertz CT molecular complexity index is 636. The number of aliphatic imine (C=N–C) groups is 1. The summed E-state index contributed by atoms with van der Waals surface area (Å²) in [7, 11) is 0. The summed E-state index contributed by atoms with van der Waals surface area (Å²) < 4.78 is 6.23. The zero-order valence-electron chi connectivity index (χ0n) is 12.3. The lowest BCUT2D eigenvalue weighted by Crippen LogP contribution is -2.43. The first-order valence-corrected chi connectivity index (χ1v) is 7.65. The molecule has 21 heavy (non-hydrogen) atoms. The fourth-order valence-corrected chi connectivity index (χ4v) is 3.08. The molecule has 3 rings (SSSR count). The van der Waals surface area contributed by atoms with Gasteiger partial charge in [0.15, 0.2) is 0 Å². The van der Waals surface area contributed by atoms with Gasteiger partial charge in [-0.15, -0.1) is 0 Å². The van der Waals surface area contributed by atoms with Crippen molar-refractivity contribution in [1.29, 1.82) is 0 Å². The van der Waals surface area contributed by atoms with Crippen LogP contribution in [0.1, 0.15) is 25.8 Å². The number of ether oxygens (including phenoxy) is 1. The van der Waals surface area contributed by atoms with Crippen molar-refractivity contribution in [3.05, 3.63) is 53.1 Å². The first-order valence-electron chi connectivity index (χ1n) is 7.27. The van der Waals surface area contributed by atoms with Crippen LogP contribution in [0.3, 0.4) is 0 Å². The zero-order chi connectivity index (χ0) is 14.9. The second-order valence-corrected chi connectivity index (χ2v) is 5.90. The SMILES string of the molecule is CCN=C1Nc2ccc(Cl)cc2C(C)(C2C=CC=CC2)O1. The van der Waals surface area contributed by atoms with E-state index in [1.165, 1.54) is 0 Å². The lowest BCUT2D eigenvalue weighted by molar-refractivity contribution is 0.0251. The van der Waals surface area contributed by atoms with Gasteiger partial charge in [-0.3, -0.25) is 0 Å². The minimum atomic E-state index is -0.471. The summed E-state index contributed by atoms with van der Waals surface area (Å²) in [6.45, 7) is 4.79. The number of nitrogens with one attached hydrogen (secondary N) is 1. The molecule has 1 heterocycles. The molecule has 1 aliphatic heterocycles. The van der Waals surface area contributed by atoms with Gasteiger partial charge in [0.1, 0.15) is 5.60 Å². The van der Waals surface area contributed by atoms with Gasteiger partial charge < -0.3 is 10.1 Å². The van der Waals surface area contributed by atoms with Crippen LogP contribution in [-0.2, 0) is 10.3 Å². The van der Waals surface area contributed by atoms with E-state index < -0.39 is 5.60 Å². The molecule has 0 bridgehead atoms. The fourth-order valence-electron chi connectivity index (χ4n) is 2.91. The molecule has 2 atom stereocenters. The van der Waals surface area contributed by atoms with Gasteiger partial charge in [0.25, 0.3) is 6.02 Å². The third-order valence-corrected chi connectivity index (χ3v) is 4.29. The maximum Gasteiger partial charge on any atom is 0.290 e. The summed E-state index contributed by atoms with van der Waals surface area (Å²) in [5.41, 5.74) is 1.62. The Morgan fingerprint density at radius 3 is 3.00 bits per heavy atom. The van der Waals surface area contributed by atoms with Crippen molar-refractivity contribution >= 4 is 23.3 Å². The molecule has 1 N–H and O–H groups in total. The topological polar surface area (TPSA) is 33.6 Å². The predicted octanol–water partition coefficient (Wildman–Crippen LogP) is 4.51. The minimum absolute atomic E-state index is 0.254. The summed E-state index contributed by atoms with van der Waals surface area (Å²) in [5.74, 6) is 0.254. The van der Waals surface area contributed by atoms with E-state index in [4.69, 9.17) is 16.3 Å². The fraction of sp³-hybridized carbons (Fsp3) is 0.353. The van der Waals surface area contributed by atoms with Gasteiger partial charge in [-0.25, -0.2) is 4.99 Å². The average Bonchev–Trinajstić information content (AvgIpc) is 2.49. The summed E-state index contributed by atoms with van der Waals surface area (Å²) in [6.07, 6.45) is 9.45. The van der Waals surface area contributed by atoms with E-state index in [9.17, 15) is 0 Å². The monoisotopic (exact) mass is 302 g/mol. The van der Waals surface area contributed by atoms with Crippen LogP contribution in [0.4, 0.5) is 5.69 Å². The molecule has 1 aromatic carbocycles. The number of allylic oxidation sites excluding steroid dienone is 3. The molecule has 0 aromatic heterocycles. The largest absolute Gasteiger partial charge is 0.453 e. The molecular formula is C17H19ClN2O. The van der Waals surface area contributed by atoms with E-state index in [-0.39, 0.29) is 5.92 Å². The van der Waals surface area contributed by atoms with Gasteiger partial charge in [0, 0.05) is 28.7 Å². The molecule has 0 spiro atoms. The molecular weight excluding hydrogens is 284 g/mol. The maximum atomic E-state index is 6.23. The Labute approximate surface area is 130 Å². The van der Waals surface area contributed by atoms with Crippen LogP contribution in [0.5, 0.6) is 0 Å². The number of halogens is 1. The molecule has 0 radical (unpaired) electrons. The Balaban J connectivity index is 2.09. The Morgan fingerprint density at radius 2 is 2.29 bits per heavy atom. The standard InChI is InChI=1S/C17H19ClN2O/c1-3-19-16-20-15-10-9-13(18)11-14(15)17(2,21-16)12-7-5-4-6-8-12/h4-7,9-12H,3,8H2,1-2H3,(H,19,20). The lowest BCUT2D eigenvalue weighted by atomic mass is 9.78. The van der Waals surface area contributed by atoms with Crippen LogP contribution >= 0.6 is 11.6 Å². The van der Waals surface area contributed by atoms with E-state index in [1.807, 2.05) is 25.1 Å². The zero-order valence-corrected chi connectivity index (χ0v) is 13.0. The van der Waals surface area contributed by atoms with Crippen LogP contribution in [0.15, 0.2) is 47.5 Å². The molecule has 4 heteroatoms. The molecule has 3 nitrogen and oxygen atoms in total. The average molecular weight is 303 g/mol. The minimum Gasteiger partial charge on any atom is -0.453 e. The molecule has 2 unspecified atom stereocenters. The van der Waals surface area contributed by atoms with Crippen molar-refractivity contribution in [2.24, 2.45) is 10.9 Å². The molecule has 110 valence electrons. The Morgan fingerprint density at radius 1 is 1.43 bits per heavy atom. The van der Waals surface area contributed by atoms with E-state index in [1.54, 1.807) is 0 Å². The number of benzene rings is 1. The summed E-state index contributed by atoms with van der Waals surface area (Å²) >= 11 is 6.19. The second-order valence-electron chi connectivity index (χ2n) is 5.46. The van der Waals surface area contributed by atoms with Gasteiger partial charge >= 0.3 is 0 Å². The van der Waals surface area contributed by atoms with Crippen LogP contribution < -0.4 is 5.32 Å². The Hall–Kier alpha value is -1.74. The molecule has 0 fully saturated rings. The van der Waals surface area contributed by atoms with Crippen molar-refractivity contribution in [3.63, 3.8) is 0 Å². The van der Waals surface area contributed by atoms with Crippen molar-refractivity contribution < 1.29 is 4.74 Å². The number of hydrogen-bond donors (Lipinski definition) is 1. The highest BCUT2D eigenvalue weighted by Gasteiger charge is 2.42. The van der Waals surface area contributed by atoms with Crippen molar-refractivity contribution in [2.75, 3.05) is 11.9 Å². The van der Waals surface area contributed by atoms with Gasteiger partial charge in [0.05, 0.1) is 0 Å². The number of hydrogen-bond acceptors (Lipinski definition) is 2. The van der Waals surface area contributed by atoms with Crippen molar-refractivity contribution in [2.45, 2.75) is 25.9 Å². The third-order valence-electron chi connectivity index (χ3n) is 4.06. The molecule has 0 saturated heterocycles. The number of nitrogens with zero attached hydrogens (tertiary/aromatic N) is 1. The van der Waals surface area contributed by atoms with E-state index in [0.29, 0.717) is 12.6 Å². The highest BCUT2D eigenvalue weighted by atomic mass is 35.5.